The predicted molar refractivity (Wildman–Crippen MR) is 125 cm³/mol. The average Bonchev–Trinajstić information content (AvgIpc) is 3.57. The third kappa shape index (κ3) is 3.97. The molecule has 3 aromatic rings. The number of amides is 1. The zero-order valence-corrected chi connectivity index (χ0v) is 19.2. The summed E-state index contributed by atoms with van der Waals surface area (Å²) in [4.78, 5) is 39.6. The number of hydrogen-bond acceptors (Lipinski definition) is 7. The van der Waals surface area contributed by atoms with Crippen LogP contribution in [-0.2, 0) is 27.3 Å². The van der Waals surface area contributed by atoms with Crippen LogP contribution in [0.3, 0.4) is 0 Å². The molecule has 5 rings (SSSR count). The Hall–Kier alpha value is -4.33. The summed E-state index contributed by atoms with van der Waals surface area (Å²) in [6, 6.07) is 14.1. The number of nitrogens with zero attached hydrogens (tertiary/aromatic N) is 1. The molecular formula is C27H23NO7. The van der Waals surface area contributed by atoms with E-state index in [1.807, 2.05) is 6.92 Å². The highest BCUT2D eigenvalue weighted by atomic mass is 16.5. The molecule has 178 valence electrons. The van der Waals surface area contributed by atoms with Crippen molar-refractivity contribution in [1.82, 2.24) is 4.90 Å². The third-order valence-electron chi connectivity index (χ3n) is 6.26. The Morgan fingerprint density at radius 1 is 1.11 bits per heavy atom. The van der Waals surface area contributed by atoms with E-state index in [2.05, 4.69) is 0 Å². The lowest BCUT2D eigenvalue weighted by Gasteiger charge is -2.24. The fraction of sp³-hybridized carbons (Fsp3) is 0.222. The van der Waals surface area contributed by atoms with Crippen molar-refractivity contribution in [3.8, 4) is 5.75 Å². The number of ether oxygens (including phenoxy) is 2. The maximum atomic E-state index is 13.2. The smallest absolute Gasteiger partial charge is 0.337 e. The summed E-state index contributed by atoms with van der Waals surface area (Å²) in [7, 11) is 1.29. The first kappa shape index (κ1) is 22.5. The molecule has 1 fully saturated rings. The van der Waals surface area contributed by atoms with Gasteiger partial charge in [-0.05, 0) is 60.5 Å². The van der Waals surface area contributed by atoms with Crippen LogP contribution in [0.25, 0.3) is 5.76 Å². The van der Waals surface area contributed by atoms with Crippen molar-refractivity contribution < 1.29 is 33.4 Å². The molecule has 1 saturated heterocycles. The number of rotatable bonds is 5. The van der Waals surface area contributed by atoms with Crippen molar-refractivity contribution in [2.24, 2.45) is 0 Å². The van der Waals surface area contributed by atoms with Gasteiger partial charge in [-0.1, -0.05) is 12.1 Å². The molecule has 0 radical (unpaired) electrons. The summed E-state index contributed by atoms with van der Waals surface area (Å²) in [5.74, 6) is -1.08. The maximum Gasteiger partial charge on any atom is 0.337 e. The summed E-state index contributed by atoms with van der Waals surface area (Å²) >= 11 is 0. The highest BCUT2D eigenvalue weighted by molar-refractivity contribution is 6.46. The summed E-state index contributed by atoms with van der Waals surface area (Å²) in [5.41, 5.74) is 2.20. The summed E-state index contributed by atoms with van der Waals surface area (Å²) < 4.78 is 15.9. The first-order chi connectivity index (χ1) is 16.9. The van der Waals surface area contributed by atoms with Crippen LogP contribution in [-0.4, -0.2) is 40.9 Å². The number of ketones is 1. The van der Waals surface area contributed by atoms with Crippen molar-refractivity contribution >= 4 is 23.4 Å². The molecule has 35 heavy (non-hydrogen) atoms. The van der Waals surface area contributed by atoms with Gasteiger partial charge in [0.25, 0.3) is 11.7 Å². The third-order valence-corrected chi connectivity index (χ3v) is 6.26. The lowest BCUT2D eigenvalue weighted by atomic mass is 9.94. The number of carbonyl (C=O) groups excluding carboxylic acids is 3. The second-order valence-corrected chi connectivity index (χ2v) is 8.58. The number of furan rings is 1. The van der Waals surface area contributed by atoms with E-state index < -0.39 is 23.7 Å². The second kappa shape index (κ2) is 8.79. The number of carbonyl (C=O) groups is 3. The summed E-state index contributed by atoms with van der Waals surface area (Å²) in [5, 5.41) is 11.3. The molecular weight excluding hydrogens is 450 g/mol. The van der Waals surface area contributed by atoms with E-state index in [4.69, 9.17) is 13.9 Å². The number of Topliss-reactive ketones (excluding diaryl/α,β-unsaturated/α-hetero) is 1. The van der Waals surface area contributed by atoms with Gasteiger partial charge >= 0.3 is 5.97 Å². The van der Waals surface area contributed by atoms with Crippen molar-refractivity contribution in [1.29, 1.82) is 0 Å². The van der Waals surface area contributed by atoms with E-state index in [9.17, 15) is 19.5 Å². The van der Waals surface area contributed by atoms with E-state index >= 15 is 0 Å². The SMILES string of the molecule is COC(=O)c1ccc(C2/C(=C(/O)c3ccc4c(c3)CC(C)O4)C(=O)C(=O)N2Cc2ccco2)cc1. The van der Waals surface area contributed by atoms with Gasteiger partial charge in [-0.3, -0.25) is 9.59 Å². The Labute approximate surface area is 201 Å². The molecule has 1 N–H and O–H groups in total. The molecule has 2 atom stereocenters. The first-order valence-corrected chi connectivity index (χ1v) is 11.2. The van der Waals surface area contributed by atoms with Gasteiger partial charge in [0.1, 0.15) is 23.4 Å². The fourth-order valence-electron chi connectivity index (χ4n) is 4.60. The Kier molecular flexibility index (Phi) is 5.64. The van der Waals surface area contributed by atoms with Crippen LogP contribution in [0.4, 0.5) is 0 Å². The van der Waals surface area contributed by atoms with Crippen molar-refractivity contribution in [3.63, 3.8) is 0 Å². The minimum atomic E-state index is -0.879. The molecule has 0 aliphatic carbocycles. The second-order valence-electron chi connectivity index (χ2n) is 8.58. The van der Waals surface area contributed by atoms with Crippen LogP contribution in [0.15, 0.2) is 70.9 Å². The zero-order valence-electron chi connectivity index (χ0n) is 19.2. The number of methoxy groups -OCH3 is 1. The van der Waals surface area contributed by atoms with Crippen LogP contribution in [0.5, 0.6) is 5.75 Å². The number of benzene rings is 2. The van der Waals surface area contributed by atoms with Crippen molar-refractivity contribution in [2.75, 3.05) is 7.11 Å². The Bertz CT molecular complexity index is 1340. The fourth-order valence-corrected chi connectivity index (χ4v) is 4.60. The van der Waals surface area contributed by atoms with Gasteiger partial charge in [0.05, 0.1) is 37.1 Å². The van der Waals surface area contributed by atoms with Crippen LogP contribution >= 0.6 is 0 Å². The minimum absolute atomic E-state index is 0.0228. The molecule has 2 aliphatic heterocycles. The molecule has 3 heterocycles. The number of fused-ring (bicyclic) bond motifs is 1. The Morgan fingerprint density at radius 2 is 1.86 bits per heavy atom. The number of esters is 1. The molecule has 8 heteroatoms. The first-order valence-electron chi connectivity index (χ1n) is 11.2. The highest BCUT2D eigenvalue weighted by Gasteiger charge is 2.46. The van der Waals surface area contributed by atoms with Gasteiger partial charge in [0.15, 0.2) is 0 Å². The molecule has 2 aliphatic rings. The van der Waals surface area contributed by atoms with Crippen LogP contribution in [0.1, 0.15) is 45.8 Å². The minimum Gasteiger partial charge on any atom is -0.507 e. The standard InChI is InChI=1S/C27H23NO7/c1-15-12-19-13-18(9-10-21(19)35-15)24(29)22-23(16-5-7-17(8-6-16)27(32)33-2)28(26(31)25(22)30)14-20-4-3-11-34-20/h3-11,13,15,23,29H,12,14H2,1-2H3/b24-22-. The Morgan fingerprint density at radius 3 is 2.54 bits per heavy atom. The average molecular weight is 473 g/mol. The van der Waals surface area contributed by atoms with E-state index in [-0.39, 0.29) is 24.0 Å². The van der Waals surface area contributed by atoms with Crippen LogP contribution < -0.4 is 4.74 Å². The van der Waals surface area contributed by atoms with Gasteiger partial charge in [0.2, 0.25) is 0 Å². The van der Waals surface area contributed by atoms with E-state index in [0.717, 1.165) is 11.3 Å². The lowest BCUT2D eigenvalue weighted by molar-refractivity contribution is -0.140. The van der Waals surface area contributed by atoms with E-state index in [1.54, 1.807) is 54.6 Å². The topological polar surface area (TPSA) is 106 Å². The lowest BCUT2D eigenvalue weighted by Crippen LogP contribution is -2.29. The molecule has 1 aromatic heterocycles. The number of aliphatic hydroxyl groups excluding tert-OH is 1. The monoisotopic (exact) mass is 473 g/mol. The normalized spacial score (nSPS) is 20.6. The van der Waals surface area contributed by atoms with Gasteiger partial charge in [-0.2, -0.15) is 0 Å². The molecule has 0 saturated carbocycles. The maximum absolute atomic E-state index is 13.2. The number of hydrogen-bond donors (Lipinski definition) is 1. The van der Waals surface area contributed by atoms with Gasteiger partial charge in [-0.15, -0.1) is 0 Å². The number of likely N-dealkylation sites (tertiary alicyclic amines) is 1. The van der Waals surface area contributed by atoms with Crippen molar-refractivity contribution in [2.45, 2.75) is 32.0 Å². The molecule has 2 unspecified atom stereocenters. The van der Waals surface area contributed by atoms with Gasteiger partial charge in [0, 0.05) is 12.0 Å². The molecule has 1 amide bonds. The van der Waals surface area contributed by atoms with Crippen molar-refractivity contribution in [3.05, 3.63) is 94.4 Å². The Balaban J connectivity index is 1.61. The summed E-state index contributed by atoms with van der Waals surface area (Å²) in [6.45, 7) is 1.99. The molecule has 8 nitrogen and oxygen atoms in total. The zero-order chi connectivity index (χ0) is 24.7. The van der Waals surface area contributed by atoms with Crippen LogP contribution in [0, 0.1) is 0 Å². The van der Waals surface area contributed by atoms with E-state index in [1.165, 1.54) is 18.3 Å². The largest absolute Gasteiger partial charge is 0.507 e. The quantitative estimate of drug-likeness (QED) is 0.258. The van der Waals surface area contributed by atoms with Crippen LogP contribution in [0.2, 0.25) is 0 Å². The predicted octanol–water partition coefficient (Wildman–Crippen LogP) is 4.01. The highest BCUT2D eigenvalue weighted by Crippen LogP contribution is 2.41. The van der Waals surface area contributed by atoms with Gasteiger partial charge in [-0.25, -0.2) is 4.79 Å². The number of aliphatic hydroxyl groups is 1. The summed E-state index contributed by atoms with van der Waals surface area (Å²) in [6.07, 6.45) is 2.19. The van der Waals surface area contributed by atoms with E-state index in [0.29, 0.717) is 28.9 Å². The van der Waals surface area contributed by atoms with Gasteiger partial charge < -0.3 is 23.9 Å². The molecule has 0 spiro atoms. The molecule has 2 aromatic carbocycles. The molecule has 0 bridgehead atoms.